The molecule has 0 bridgehead atoms. The minimum atomic E-state index is -0.494. The van der Waals surface area contributed by atoms with Crippen molar-refractivity contribution < 1.29 is 9.31 Å². The van der Waals surface area contributed by atoms with Crippen LogP contribution >= 0.6 is 0 Å². The van der Waals surface area contributed by atoms with Crippen LogP contribution in [0.25, 0.3) is 0 Å². The molecule has 1 heterocycles. The van der Waals surface area contributed by atoms with Crippen LogP contribution in [0.5, 0.6) is 11.5 Å². The summed E-state index contributed by atoms with van der Waals surface area (Å²) in [6, 6.07) is 19.4. The lowest BCUT2D eigenvalue weighted by molar-refractivity contribution is 0.434. The second-order valence-electron chi connectivity index (χ2n) is 5.58. The highest BCUT2D eigenvalue weighted by Crippen LogP contribution is 2.29. The molecule has 0 fully saturated rings. The first kappa shape index (κ1) is 13.8. The summed E-state index contributed by atoms with van der Waals surface area (Å²) in [7, 11) is -0.494. The summed E-state index contributed by atoms with van der Waals surface area (Å²) in [5.41, 5.74) is 0.822. The van der Waals surface area contributed by atoms with E-state index in [0.29, 0.717) is 0 Å². The van der Waals surface area contributed by atoms with Gasteiger partial charge in [-0.2, -0.15) is 0 Å². The Morgan fingerprint density at radius 1 is 0.783 bits per heavy atom. The largest absolute Gasteiger partial charge is 0.632 e. The molecule has 1 unspecified atom stereocenters. The molecule has 0 aromatic heterocycles. The molecule has 1 spiro atoms. The van der Waals surface area contributed by atoms with E-state index in [0.717, 1.165) is 17.0 Å². The van der Waals surface area contributed by atoms with Gasteiger partial charge in [0.1, 0.15) is 11.5 Å². The Kier molecular flexibility index (Phi) is 3.43. The minimum absolute atomic E-state index is 0.173. The second kappa shape index (κ2) is 5.73. The first-order valence-electron chi connectivity index (χ1n) is 7.64. The number of hydrogen-bond acceptors (Lipinski definition) is 3. The van der Waals surface area contributed by atoms with Crippen LogP contribution in [0.4, 0.5) is 0 Å². The fourth-order valence-electron chi connectivity index (χ4n) is 2.63. The number of hydrogen-bond donors (Lipinski definition) is 1. The van der Waals surface area contributed by atoms with Gasteiger partial charge in [0.2, 0.25) is 0 Å². The fourth-order valence-corrected chi connectivity index (χ4v) is 2.63. The van der Waals surface area contributed by atoms with Crippen LogP contribution in [0.15, 0.2) is 96.6 Å². The Labute approximate surface area is 136 Å². The number of benzene rings is 2. The number of rotatable bonds is 5. The Morgan fingerprint density at radius 3 is 1.78 bits per heavy atom. The molecule has 4 heteroatoms. The predicted octanol–water partition coefficient (Wildman–Crippen LogP) is 3.52. The van der Waals surface area contributed by atoms with E-state index in [1.54, 1.807) is 0 Å². The van der Waals surface area contributed by atoms with E-state index in [2.05, 4.69) is 23.5 Å². The van der Waals surface area contributed by atoms with E-state index in [9.17, 15) is 0 Å². The van der Waals surface area contributed by atoms with Crippen LogP contribution in [0.3, 0.4) is 0 Å². The molecule has 2 aromatic rings. The van der Waals surface area contributed by atoms with Crippen molar-refractivity contribution in [2.45, 2.75) is 5.54 Å². The van der Waals surface area contributed by atoms with Crippen molar-refractivity contribution >= 4 is 7.12 Å². The van der Waals surface area contributed by atoms with Gasteiger partial charge in [0.05, 0.1) is 5.54 Å². The predicted molar refractivity (Wildman–Crippen MR) is 92.1 cm³/mol. The lowest BCUT2D eigenvalue weighted by Gasteiger charge is -2.29. The monoisotopic (exact) mass is 301 g/mol. The Hall–Kier alpha value is -2.88. The molecule has 112 valence electrons. The highest BCUT2D eigenvalue weighted by molar-refractivity contribution is 6.56. The second-order valence-corrected chi connectivity index (χ2v) is 5.58. The third kappa shape index (κ3) is 2.88. The van der Waals surface area contributed by atoms with Crippen molar-refractivity contribution in [3.05, 3.63) is 96.6 Å². The van der Waals surface area contributed by atoms with Crippen molar-refractivity contribution in [2.75, 3.05) is 0 Å². The van der Waals surface area contributed by atoms with Crippen LogP contribution in [-0.4, -0.2) is 12.7 Å². The van der Waals surface area contributed by atoms with Crippen LogP contribution in [0, 0.1) is 0 Å². The zero-order valence-electron chi connectivity index (χ0n) is 12.6. The zero-order valence-corrected chi connectivity index (χ0v) is 12.6. The molecule has 0 radical (unpaired) electrons. The highest BCUT2D eigenvalue weighted by atomic mass is 16.6. The average Bonchev–Trinajstić information content (AvgIpc) is 3.02. The minimum Gasteiger partial charge on any atom is -0.522 e. The van der Waals surface area contributed by atoms with Crippen LogP contribution in [0.1, 0.15) is 0 Å². The summed E-state index contributed by atoms with van der Waals surface area (Å²) in [6.45, 7) is 0. The lowest BCUT2D eigenvalue weighted by Crippen LogP contribution is -2.42. The normalized spacial score (nSPS) is 20.6. The SMILES string of the molecule is C1=CC2(C=CC(B(Oc3ccccc3)Oc3ccccc3)=C2)N1. The van der Waals surface area contributed by atoms with Crippen LogP contribution in [0.2, 0.25) is 0 Å². The Morgan fingerprint density at radius 2 is 1.35 bits per heavy atom. The molecular formula is C19H16BNO2. The molecule has 1 N–H and O–H groups in total. The van der Waals surface area contributed by atoms with Gasteiger partial charge in [-0.1, -0.05) is 48.6 Å². The topological polar surface area (TPSA) is 30.5 Å². The third-order valence-electron chi connectivity index (χ3n) is 3.89. The standard InChI is InChI=1S/C19H16BNO2/c1-3-7-17(8-4-1)22-20(23-18-9-5-2-6-10-18)16-11-12-19(15-16)13-14-21-19/h1-15,21H. The van der Waals surface area contributed by atoms with E-state index < -0.39 is 7.12 Å². The van der Waals surface area contributed by atoms with Crippen LogP contribution in [-0.2, 0) is 0 Å². The third-order valence-corrected chi connectivity index (χ3v) is 3.89. The maximum Gasteiger partial charge on any atom is 0.632 e. The van der Waals surface area contributed by atoms with Crippen molar-refractivity contribution in [1.29, 1.82) is 0 Å². The van der Waals surface area contributed by atoms with Crippen LogP contribution < -0.4 is 14.6 Å². The van der Waals surface area contributed by atoms with Gasteiger partial charge < -0.3 is 14.6 Å². The van der Waals surface area contributed by atoms with Gasteiger partial charge in [0, 0.05) is 5.47 Å². The molecule has 1 aliphatic heterocycles. The van der Waals surface area contributed by atoms with Gasteiger partial charge in [-0.25, -0.2) is 0 Å². The number of allylic oxidation sites excluding steroid dienone is 2. The van der Waals surface area contributed by atoms with Crippen molar-refractivity contribution in [1.82, 2.24) is 5.32 Å². The fraction of sp³-hybridized carbons (Fsp3) is 0.0526. The molecule has 0 saturated carbocycles. The number of para-hydroxylation sites is 2. The van der Waals surface area contributed by atoms with Gasteiger partial charge in [-0.3, -0.25) is 0 Å². The van der Waals surface area contributed by atoms with E-state index in [1.165, 1.54) is 0 Å². The summed E-state index contributed by atoms with van der Waals surface area (Å²) in [6.07, 6.45) is 10.3. The Bertz CT molecular complexity index is 729. The molecule has 1 atom stereocenters. The molecule has 2 aromatic carbocycles. The molecule has 2 aliphatic rings. The lowest BCUT2D eigenvalue weighted by atomic mass is 9.77. The van der Waals surface area contributed by atoms with Gasteiger partial charge in [0.15, 0.2) is 0 Å². The smallest absolute Gasteiger partial charge is 0.522 e. The molecule has 0 saturated heterocycles. The van der Waals surface area contributed by atoms with Gasteiger partial charge in [0.25, 0.3) is 0 Å². The van der Waals surface area contributed by atoms with E-state index >= 15 is 0 Å². The summed E-state index contributed by atoms with van der Waals surface area (Å²) in [4.78, 5) is 0. The van der Waals surface area contributed by atoms with Gasteiger partial charge >= 0.3 is 7.12 Å². The average molecular weight is 301 g/mol. The van der Waals surface area contributed by atoms with Crippen molar-refractivity contribution in [2.24, 2.45) is 0 Å². The number of nitrogens with one attached hydrogen (secondary N) is 1. The molecular weight excluding hydrogens is 285 g/mol. The zero-order chi connectivity index (χ0) is 15.5. The first-order chi connectivity index (χ1) is 11.3. The van der Waals surface area contributed by atoms with Gasteiger partial charge in [-0.05, 0) is 42.6 Å². The van der Waals surface area contributed by atoms with Gasteiger partial charge in [-0.15, -0.1) is 0 Å². The summed E-state index contributed by atoms with van der Waals surface area (Å²) in [5, 5.41) is 3.28. The Balaban J connectivity index is 1.60. The molecule has 4 rings (SSSR count). The van der Waals surface area contributed by atoms with E-state index in [4.69, 9.17) is 9.31 Å². The van der Waals surface area contributed by atoms with E-state index in [-0.39, 0.29) is 5.54 Å². The highest BCUT2D eigenvalue weighted by Gasteiger charge is 2.37. The summed E-state index contributed by atoms with van der Waals surface area (Å²) < 4.78 is 12.1. The molecule has 0 amide bonds. The van der Waals surface area contributed by atoms with Crippen molar-refractivity contribution in [3.8, 4) is 11.5 Å². The first-order valence-corrected chi connectivity index (χ1v) is 7.64. The maximum atomic E-state index is 6.07. The molecule has 23 heavy (non-hydrogen) atoms. The van der Waals surface area contributed by atoms with E-state index in [1.807, 2.05) is 72.9 Å². The van der Waals surface area contributed by atoms with Crippen molar-refractivity contribution in [3.63, 3.8) is 0 Å². The summed E-state index contributed by atoms with van der Waals surface area (Å²) in [5.74, 6) is 1.56. The maximum absolute atomic E-state index is 6.07. The summed E-state index contributed by atoms with van der Waals surface area (Å²) >= 11 is 0. The molecule has 3 nitrogen and oxygen atoms in total. The quantitative estimate of drug-likeness (QED) is 0.857. The molecule has 1 aliphatic carbocycles.